The molecule has 2 heterocycles. The maximum Gasteiger partial charge on any atom is 0.339 e. The number of hydrogen-bond donors (Lipinski definition) is 5. The molecule has 158 valence electrons. The smallest absolute Gasteiger partial charge is 0.339 e. The van der Waals surface area contributed by atoms with Crippen molar-refractivity contribution in [1.82, 2.24) is 25.0 Å². The van der Waals surface area contributed by atoms with Crippen molar-refractivity contribution < 1.29 is 15.0 Å². The quantitative estimate of drug-likeness (QED) is 0.378. The number of aromatic hydroxyl groups is 1. The number of benzene rings is 1. The molecule has 1 fully saturated rings. The second-order valence-corrected chi connectivity index (χ2v) is 7.33. The predicted octanol–water partition coefficient (Wildman–Crippen LogP) is 2.07. The van der Waals surface area contributed by atoms with Crippen LogP contribution in [0.2, 0.25) is 0 Å². The van der Waals surface area contributed by atoms with Crippen molar-refractivity contribution in [1.29, 1.82) is 0 Å². The minimum atomic E-state index is -1.23. The Morgan fingerprint density at radius 1 is 1.30 bits per heavy atom. The van der Waals surface area contributed by atoms with Crippen LogP contribution >= 0.6 is 0 Å². The van der Waals surface area contributed by atoms with Crippen LogP contribution in [0.5, 0.6) is 5.75 Å². The molecule has 1 saturated carbocycles. The first-order chi connectivity index (χ1) is 14.5. The van der Waals surface area contributed by atoms with Crippen LogP contribution < -0.4 is 16.4 Å². The SMILES string of the molecule is CCn1nnc2c(Nc3ccc(O)c(C(=O)O)c3)nc(NC3CCCCC3N)nc21. The van der Waals surface area contributed by atoms with Gasteiger partial charge in [-0.1, -0.05) is 18.1 Å². The molecule has 1 aliphatic carbocycles. The third-order valence-electron chi connectivity index (χ3n) is 5.29. The predicted molar refractivity (Wildman–Crippen MR) is 111 cm³/mol. The van der Waals surface area contributed by atoms with E-state index in [0.29, 0.717) is 35.2 Å². The standard InChI is InChI=1S/C19H24N8O3/c1-2-27-17-15(25-26-27)16(21-10-7-8-14(28)11(9-10)18(29)30)23-19(24-17)22-13-6-4-3-5-12(13)20/h7-9,12-13,28H,2-6,20H2,1H3,(H,29,30)(H2,21,22,23,24). The summed E-state index contributed by atoms with van der Waals surface area (Å²) >= 11 is 0. The molecule has 11 heteroatoms. The molecule has 0 saturated heterocycles. The van der Waals surface area contributed by atoms with Crippen molar-refractivity contribution in [2.24, 2.45) is 5.73 Å². The van der Waals surface area contributed by atoms with Crippen molar-refractivity contribution in [3.05, 3.63) is 23.8 Å². The zero-order valence-electron chi connectivity index (χ0n) is 16.5. The molecule has 0 bridgehead atoms. The summed E-state index contributed by atoms with van der Waals surface area (Å²) in [7, 11) is 0. The van der Waals surface area contributed by atoms with Crippen LogP contribution in [0.1, 0.15) is 43.0 Å². The van der Waals surface area contributed by atoms with E-state index in [0.717, 1.165) is 25.7 Å². The number of aromatic carboxylic acids is 1. The number of nitrogens with zero attached hydrogens (tertiary/aromatic N) is 5. The van der Waals surface area contributed by atoms with Gasteiger partial charge in [-0.15, -0.1) is 5.10 Å². The average Bonchev–Trinajstić information content (AvgIpc) is 3.14. The number of nitrogens with two attached hydrogens (primary N) is 1. The average molecular weight is 412 g/mol. The van der Waals surface area contributed by atoms with Gasteiger partial charge in [0.1, 0.15) is 11.3 Å². The van der Waals surface area contributed by atoms with E-state index in [1.54, 1.807) is 10.7 Å². The Kier molecular flexibility index (Phi) is 5.36. The monoisotopic (exact) mass is 412 g/mol. The number of aryl methyl sites for hydroxylation is 1. The van der Waals surface area contributed by atoms with Gasteiger partial charge in [-0.05, 0) is 38.0 Å². The number of anilines is 3. The van der Waals surface area contributed by atoms with Gasteiger partial charge in [-0.2, -0.15) is 9.97 Å². The molecule has 2 atom stereocenters. The van der Waals surface area contributed by atoms with E-state index in [1.165, 1.54) is 12.1 Å². The number of nitrogens with one attached hydrogen (secondary N) is 2. The number of phenols is 1. The maximum absolute atomic E-state index is 11.3. The number of fused-ring (bicyclic) bond motifs is 1. The van der Waals surface area contributed by atoms with E-state index in [9.17, 15) is 15.0 Å². The van der Waals surface area contributed by atoms with Gasteiger partial charge < -0.3 is 26.6 Å². The number of carbonyl (C=O) groups is 1. The fraction of sp³-hybridized carbons (Fsp3) is 0.421. The second kappa shape index (κ2) is 8.11. The Balaban J connectivity index is 1.72. The molecule has 1 aromatic carbocycles. The molecule has 3 aromatic rings. The molecule has 0 aliphatic heterocycles. The summed E-state index contributed by atoms with van der Waals surface area (Å²) < 4.78 is 1.66. The summed E-state index contributed by atoms with van der Waals surface area (Å²) in [6.07, 6.45) is 4.10. The van der Waals surface area contributed by atoms with E-state index < -0.39 is 5.97 Å². The van der Waals surface area contributed by atoms with Crippen LogP contribution in [0.15, 0.2) is 18.2 Å². The van der Waals surface area contributed by atoms with Crippen molar-refractivity contribution in [3.8, 4) is 5.75 Å². The Labute approximate surface area is 172 Å². The lowest BCUT2D eigenvalue weighted by atomic mass is 9.91. The molecule has 2 aromatic heterocycles. The van der Waals surface area contributed by atoms with Crippen LogP contribution in [0.4, 0.5) is 17.5 Å². The first kappa shape index (κ1) is 19.8. The summed E-state index contributed by atoms with van der Waals surface area (Å²) in [6.45, 7) is 2.52. The summed E-state index contributed by atoms with van der Waals surface area (Å²) in [6, 6.07) is 4.30. The van der Waals surface area contributed by atoms with Gasteiger partial charge in [0.05, 0.1) is 0 Å². The minimum Gasteiger partial charge on any atom is -0.507 e. The highest BCUT2D eigenvalue weighted by Gasteiger charge is 2.24. The fourth-order valence-electron chi connectivity index (χ4n) is 3.65. The minimum absolute atomic E-state index is 0.0268. The first-order valence-corrected chi connectivity index (χ1v) is 9.93. The normalized spacial score (nSPS) is 19.0. The van der Waals surface area contributed by atoms with Crippen molar-refractivity contribution in [3.63, 3.8) is 0 Å². The lowest BCUT2D eigenvalue weighted by Gasteiger charge is -2.29. The molecule has 6 N–H and O–H groups in total. The van der Waals surface area contributed by atoms with Gasteiger partial charge in [-0.3, -0.25) is 0 Å². The van der Waals surface area contributed by atoms with Gasteiger partial charge >= 0.3 is 5.97 Å². The highest BCUT2D eigenvalue weighted by molar-refractivity contribution is 5.93. The van der Waals surface area contributed by atoms with E-state index in [4.69, 9.17) is 5.73 Å². The van der Waals surface area contributed by atoms with Gasteiger partial charge in [-0.25, -0.2) is 9.48 Å². The molecule has 0 amide bonds. The Morgan fingerprint density at radius 2 is 2.10 bits per heavy atom. The summed E-state index contributed by atoms with van der Waals surface area (Å²) in [4.78, 5) is 20.5. The third kappa shape index (κ3) is 3.83. The third-order valence-corrected chi connectivity index (χ3v) is 5.29. The van der Waals surface area contributed by atoms with Crippen LogP contribution in [0.3, 0.4) is 0 Å². The van der Waals surface area contributed by atoms with Gasteiger partial charge in [0.2, 0.25) is 5.95 Å². The van der Waals surface area contributed by atoms with Crippen LogP contribution in [0, 0.1) is 0 Å². The maximum atomic E-state index is 11.3. The number of carboxylic acid groups (broad SMARTS) is 1. The van der Waals surface area contributed by atoms with Gasteiger partial charge in [0.15, 0.2) is 17.0 Å². The van der Waals surface area contributed by atoms with E-state index >= 15 is 0 Å². The lowest BCUT2D eigenvalue weighted by Crippen LogP contribution is -2.43. The second-order valence-electron chi connectivity index (χ2n) is 7.33. The molecule has 30 heavy (non-hydrogen) atoms. The zero-order valence-corrected chi connectivity index (χ0v) is 16.5. The summed E-state index contributed by atoms with van der Waals surface area (Å²) in [5.74, 6) is -0.754. The fourth-order valence-corrected chi connectivity index (χ4v) is 3.65. The number of carboxylic acids is 1. The summed E-state index contributed by atoms with van der Waals surface area (Å²) in [5.41, 5.74) is 7.49. The lowest BCUT2D eigenvalue weighted by molar-refractivity contribution is 0.0694. The topological polar surface area (TPSA) is 164 Å². The molecule has 4 rings (SSSR count). The molecule has 0 radical (unpaired) electrons. The molecular weight excluding hydrogens is 388 g/mol. The molecule has 11 nitrogen and oxygen atoms in total. The van der Waals surface area contributed by atoms with E-state index in [2.05, 4.69) is 30.9 Å². The van der Waals surface area contributed by atoms with E-state index in [1.807, 2.05) is 6.92 Å². The van der Waals surface area contributed by atoms with Crippen LogP contribution in [-0.4, -0.2) is 53.2 Å². The van der Waals surface area contributed by atoms with Crippen LogP contribution in [0.25, 0.3) is 11.2 Å². The zero-order chi connectivity index (χ0) is 21.3. The first-order valence-electron chi connectivity index (χ1n) is 9.93. The highest BCUT2D eigenvalue weighted by Crippen LogP contribution is 2.28. The van der Waals surface area contributed by atoms with E-state index in [-0.39, 0.29) is 23.4 Å². The van der Waals surface area contributed by atoms with Crippen LogP contribution in [-0.2, 0) is 6.54 Å². The number of aromatic nitrogens is 5. The number of hydrogen-bond acceptors (Lipinski definition) is 9. The molecule has 1 aliphatic rings. The summed E-state index contributed by atoms with van der Waals surface area (Å²) in [5, 5.41) is 33.7. The Hall–Kier alpha value is -3.47. The Bertz CT molecular complexity index is 1080. The van der Waals surface area contributed by atoms with Crippen molar-refractivity contribution >= 4 is 34.6 Å². The van der Waals surface area contributed by atoms with Crippen molar-refractivity contribution in [2.75, 3.05) is 10.6 Å². The largest absolute Gasteiger partial charge is 0.507 e. The molecular formula is C19H24N8O3. The molecule has 0 spiro atoms. The Morgan fingerprint density at radius 3 is 2.83 bits per heavy atom. The van der Waals surface area contributed by atoms with Crippen molar-refractivity contribution in [2.45, 2.75) is 51.2 Å². The number of rotatable bonds is 6. The van der Waals surface area contributed by atoms with Gasteiger partial charge in [0.25, 0.3) is 0 Å². The highest BCUT2D eigenvalue weighted by atomic mass is 16.4. The molecule has 2 unspecified atom stereocenters. The van der Waals surface area contributed by atoms with Gasteiger partial charge in [0, 0.05) is 24.3 Å².